The SMILES string of the molecule is NC1CCC(Nc2cccs2)CC1. The second-order valence-electron chi connectivity index (χ2n) is 3.73. The first-order valence-corrected chi connectivity index (χ1v) is 5.78. The Balaban J connectivity index is 1.83. The van der Waals surface area contributed by atoms with Gasteiger partial charge in [-0.1, -0.05) is 0 Å². The summed E-state index contributed by atoms with van der Waals surface area (Å²) in [5.74, 6) is 0. The topological polar surface area (TPSA) is 38.0 Å². The summed E-state index contributed by atoms with van der Waals surface area (Å²) >= 11 is 1.78. The van der Waals surface area contributed by atoms with Crippen LogP contribution in [-0.4, -0.2) is 12.1 Å². The van der Waals surface area contributed by atoms with Gasteiger partial charge in [0.05, 0.1) is 5.00 Å². The van der Waals surface area contributed by atoms with Crippen molar-refractivity contribution in [2.24, 2.45) is 5.73 Å². The lowest BCUT2D eigenvalue weighted by molar-refractivity contribution is 0.411. The summed E-state index contributed by atoms with van der Waals surface area (Å²) in [6.45, 7) is 0. The zero-order valence-electron chi connectivity index (χ0n) is 7.70. The Kier molecular flexibility index (Phi) is 2.86. The van der Waals surface area contributed by atoms with Crippen LogP contribution in [0.2, 0.25) is 0 Å². The third kappa shape index (κ3) is 2.45. The molecule has 1 aromatic rings. The van der Waals surface area contributed by atoms with Gasteiger partial charge in [-0.2, -0.15) is 0 Å². The normalized spacial score (nSPS) is 28.7. The molecule has 3 N–H and O–H groups in total. The highest BCUT2D eigenvalue weighted by Gasteiger charge is 2.17. The molecule has 13 heavy (non-hydrogen) atoms. The van der Waals surface area contributed by atoms with Crippen molar-refractivity contribution in [2.45, 2.75) is 37.8 Å². The van der Waals surface area contributed by atoms with Crippen molar-refractivity contribution < 1.29 is 0 Å². The molecule has 1 fully saturated rings. The maximum absolute atomic E-state index is 5.85. The highest BCUT2D eigenvalue weighted by Crippen LogP contribution is 2.23. The van der Waals surface area contributed by atoms with Crippen molar-refractivity contribution in [1.29, 1.82) is 0 Å². The largest absolute Gasteiger partial charge is 0.374 e. The van der Waals surface area contributed by atoms with Crippen molar-refractivity contribution in [3.05, 3.63) is 17.5 Å². The Morgan fingerprint density at radius 3 is 2.69 bits per heavy atom. The zero-order valence-corrected chi connectivity index (χ0v) is 8.52. The average molecular weight is 196 g/mol. The Bertz CT molecular complexity index is 237. The average Bonchev–Trinajstić information content (AvgIpc) is 2.62. The van der Waals surface area contributed by atoms with E-state index in [0.29, 0.717) is 12.1 Å². The third-order valence-electron chi connectivity index (χ3n) is 2.64. The van der Waals surface area contributed by atoms with E-state index in [1.165, 1.54) is 30.7 Å². The van der Waals surface area contributed by atoms with E-state index < -0.39 is 0 Å². The summed E-state index contributed by atoms with van der Waals surface area (Å²) in [5, 5.41) is 6.94. The van der Waals surface area contributed by atoms with Crippen molar-refractivity contribution in [3.8, 4) is 0 Å². The molecule has 0 aromatic carbocycles. The molecule has 1 heterocycles. The quantitative estimate of drug-likeness (QED) is 0.762. The fourth-order valence-corrected chi connectivity index (χ4v) is 2.52. The molecule has 3 heteroatoms. The summed E-state index contributed by atoms with van der Waals surface area (Å²) in [6.07, 6.45) is 4.78. The molecule has 0 spiro atoms. The van der Waals surface area contributed by atoms with Crippen molar-refractivity contribution in [3.63, 3.8) is 0 Å². The van der Waals surface area contributed by atoms with E-state index >= 15 is 0 Å². The van der Waals surface area contributed by atoms with Crippen LogP contribution in [0.1, 0.15) is 25.7 Å². The van der Waals surface area contributed by atoms with Gasteiger partial charge in [0.15, 0.2) is 0 Å². The number of anilines is 1. The second kappa shape index (κ2) is 4.11. The molecule has 0 atom stereocenters. The van der Waals surface area contributed by atoms with Gasteiger partial charge in [0.25, 0.3) is 0 Å². The van der Waals surface area contributed by atoms with Crippen LogP contribution in [0.25, 0.3) is 0 Å². The molecule has 2 nitrogen and oxygen atoms in total. The number of nitrogens with two attached hydrogens (primary N) is 1. The predicted octanol–water partition coefficient (Wildman–Crippen LogP) is 2.43. The molecule has 0 saturated heterocycles. The Hall–Kier alpha value is -0.540. The highest BCUT2D eigenvalue weighted by atomic mass is 32.1. The molecule has 0 unspecified atom stereocenters. The molecule has 0 radical (unpaired) electrons. The van der Waals surface area contributed by atoms with E-state index in [2.05, 4.69) is 22.8 Å². The van der Waals surface area contributed by atoms with E-state index in [0.717, 1.165) is 0 Å². The summed E-state index contributed by atoms with van der Waals surface area (Å²) in [4.78, 5) is 0. The van der Waals surface area contributed by atoms with Crippen molar-refractivity contribution in [2.75, 3.05) is 5.32 Å². The van der Waals surface area contributed by atoms with Crippen molar-refractivity contribution >= 4 is 16.3 Å². The maximum atomic E-state index is 5.85. The molecule has 72 valence electrons. The minimum absolute atomic E-state index is 0.446. The van der Waals surface area contributed by atoms with E-state index in [1.807, 2.05) is 0 Å². The molecule has 1 aromatic heterocycles. The third-order valence-corrected chi connectivity index (χ3v) is 3.44. The van der Waals surface area contributed by atoms with Gasteiger partial charge in [0, 0.05) is 12.1 Å². The van der Waals surface area contributed by atoms with Crippen LogP contribution >= 0.6 is 11.3 Å². The standard InChI is InChI=1S/C10H16N2S/c11-8-3-5-9(6-4-8)12-10-2-1-7-13-10/h1-2,7-9,12H,3-6,11H2. The van der Waals surface area contributed by atoms with Gasteiger partial charge in [-0.25, -0.2) is 0 Å². The van der Waals surface area contributed by atoms with Crippen LogP contribution < -0.4 is 11.1 Å². The van der Waals surface area contributed by atoms with Gasteiger partial charge >= 0.3 is 0 Å². The zero-order chi connectivity index (χ0) is 9.10. The highest BCUT2D eigenvalue weighted by molar-refractivity contribution is 7.14. The first-order chi connectivity index (χ1) is 6.34. The fraction of sp³-hybridized carbons (Fsp3) is 0.600. The molecular weight excluding hydrogens is 180 g/mol. The lowest BCUT2D eigenvalue weighted by atomic mass is 9.92. The summed E-state index contributed by atoms with van der Waals surface area (Å²) < 4.78 is 0. The van der Waals surface area contributed by atoms with Gasteiger partial charge in [-0.3, -0.25) is 0 Å². The smallest absolute Gasteiger partial charge is 0.0884 e. The lowest BCUT2D eigenvalue weighted by Gasteiger charge is -2.26. The molecule has 2 rings (SSSR count). The van der Waals surface area contributed by atoms with Gasteiger partial charge in [-0.15, -0.1) is 11.3 Å². The Morgan fingerprint density at radius 1 is 1.31 bits per heavy atom. The van der Waals surface area contributed by atoms with Crippen LogP contribution in [0.5, 0.6) is 0 Å². The first kappa shape index (κ1) is 9.03. The van der Waals surface area contributed by atoms with E-state index in [-0.39, 0.29) is 0 Å². The Morgan fingerprint density at radius 2 is 2.08 bits per heavy atom. The monoisotopic (exact) mass is 196 g/mol. The minimum Gasteiger partial charge on any atom is -0.374 e. The van der Waals surface area contributed by atoms with Gasteiger partial charge in [0.2, 0.25) is 0 Å². The van der Waals surface area contributed by atoms with Gasteiger partial charge in [0.1, 0.15) is 0 Å². The Labute approximate surface area is 83.1 Å². The minimum atomic E-state index is 0.446. The van der Waals surface area contributed by atoms with E-state index in [1.54, 1.807) is 11.3 Å². The molecule has 0 aliphatic heterocycles. The molecule has 0 amide bonds. The van der Waals surface area contributed by atoms with E-state index in [9.17, 15) is 0 Å². The van der Waals surface area contributed by atoms with Crippen LogP contribution in [-0.2, 0) is 0 Å². The number of hydrogen-bond acceptors (Lipinski definition) is 3. The molecule has 1 aliphatic carbocycles. The van der Waals surface area contributed by atoms with Crippen LogP contribution in [0.4, 0.5) is 5.00 Å². The summed E-state index contributed by atoms with van der Waals surface area (Å²) in [5.41, 5.74) is 5.85. The first-order valence-electron chi connectivity index (χ1n) is 4.90. The molecule has 1 saturated carbocycles. The number of nitrogens with one attached hydrogen (secondary N) is 1. The predicted molar refractivity (Wildman–Crippen MR) is 58.2 cm³/mol. The summed E-state index contributed by atoms with van der Waals surface area (Å²) in [7, 11) is 0. The molecule has 0 bridgehead atoms. The number of hydrogen-bond donors (Lipinski definition) is 2. The van der Waals surface area contributed by atoms with Gasteiger partial charge in [-0.05, 0) is 43.2 Å². The van der Waals surface area contributed by atoms with Crippen LogP contribution in [0.15, 0.2) is 17.5 Å². The lowest BCUT2D eigenvalue weighted by Crippen LogP contribution is -2.32. The van der Waals surface area contributed by atoms with Crippen LogP contribution in [0.3, 0.4) is 0 Å². The van der Waals surface area contributed by atoms with Crippen LogP contribution in [0, 0.1) is 0 Å². The number of rotatable bonds is 2. The van der Waals surface area contributed by atoms with Crippen molar-refractivity contribution in [1.82, 2.24) is 0 Å². The number of thiophene rings is 1. The molecular formula is C10H16N2S. The summed E-state index contributed by atoms with van der Waals surface area (Å²) in [6, 6.07) is 5.32. The maximum Gasteiger partial charge on any atom is 0.0884 e. The fourth-order valence-electron chi connectivity index (χ4n) is 1.83. The van der Waals surface area contributed by atoms with E-state index in [4.69, 9.17) is 5.73 Å². The molecule has 1 aliphatic rings. The van der Waals surface area contributed by atoms with Gasteiger partial charge < -0.3 is 11.1 Å². The second-order valence-corrected chi connectivity index (χ2v) is 4.68.